The van der Waals surface area contributed by atoms with E-state index in [1.807, 2.05) is 19.1 Å². The van der Waals surface area contributed by atoms with Gasteiger partial charge in [-0.1, -0.05) is 29.8 Å². The number of carbonyl (C=O) groups is 2. The van der Waals surface area contributed by atoms with E-state index < -0.39 is 11.9 Å². The van der Waals surface area contributed by atoms with Crippen LogP contribution < -0.4 is 0 Å². The van der Waals surface area contributed by atoms with Crippen molar-refractivity contribution in [3.63, 3.8) is 0 Å². The molecule has 0 bridgehead atoms. The van der Waals surface area contributed by atoms with Crippen LogP contribution >= 0.6 is 11.6 Å². The molecule has 2 aliphatic rings. The van der Waals surface area contributed by atoms with Gasteiger partial charge in [0.1, 0.15) is 0 Å². The first-order valence-corrected chi connectivity index (χ1v) is 9.60. The Balaban J connectivity index is 1.62. The first kappa shape index (κ1) is 18.0. The highest BCUT2D eigenvalue weighted by molar-refractivity contribution is 6.30. The molecule has 1 aliphatic carbocycles. The summed E-state index contributed by atoms with van der Waals surface area (Å²) in [5.41, 5.74) is 1.73. The number of aliphatic carboxylic acids is 1. The van der Waals surface area contributed by atoms with Gasteiger partial charge < -0.3 is 10.0 Å². The molecule has 1 N–H and O–H groups in total. The maximum Gasteiger partial charge on any atom is 0.308 e. The molecule has 0 spiro atoms. The van der Waals surface area contributed by atoms with E-state index in [2.05, 4.69) is 10.3 Å². The smallest absolute Gasteiger partial charge is 0.308 e. The maximum atomic E-state index is 13.1. The van der Waals surface area contributed by atoms with E-state index in [0.717, 1.165) is 18.5 Å². The van der Waals surface area contributed by atoms with Gasteiger partial charge in [-0.3, -0.25) is 9.59 Å². The number of aromatic nitrogens is 3. The minimum absolute atomic E-state index is 0.0412. The molecule has 4 rings (SSSR count). The Morgan fingerprint density at radius 3 is 2.70 bits per heavy atom. The number of halogens is 1. The van der Waals surface area contributed by atoms with E-state index in [4.69, 9.17) is 11.6 Å². The molecule has 0 radical (unpaired) electrons. The summed E-state index contributed by atoms with van der Waals surface area (Å²) in [6.45, 7) is 2.66. The molecule has 142 valence electrons. The zero-order chi connectivity index (χ0) is 19.1. The molecule has 8 heteroatoms. The van der Waals surface area contributed by atoms with Crippen molar-refractivity contribution in [1.29, 1.82) is 0 Å². The Morgan fingerprint density at radius 1 is 1.30 bits per heavy atom. The lowest BCUT2D eigenvalue weighted by atomic mass is 9.92. The number of hydrogen-bond donors (Lipinski definition) is 1. The Morgan fingerprint density at radius 2 is 2.07 bits per heavy atom. The van der Waals surface area contributed by atoms with Crippen molar-refractivity contribution in [2.45, 2.75) is 26.2 Å². The molecular formula is C19H21ClN4O3. The SMILES string of the molecule is CCc1c(C(=O)N2C[C@H](C(=O)O)[C@@H](C3CC3)C2)nnn1-c1cccc(Cl)c1. The van der Waals surface area contributed by atoms with Crippen LogP contribution in [0.2, 0.25) is 5.02 Å². The van der Waals surface area contributed by atoms with E-state index in [9.17, 15) is 14.7 Å². The average Bonchev–Trinajstić information content (AvgIpc) is 3.24. The minimum Gasteiger partial charge on any atom is -0.481 e. The van der Waals surface area contributed by atoms with Gasteiger partial charge in [-0.15, -0.1) is 5.10 Å². The predicted octanol–water partition coefficient (Wildman–Crippen LogP) is 2.67. The van der Waals surface area contributed by atoms with Crippen molar-refractivity contribution in [2.24, 2.45) is 17.8 Å². The van der Waals surface area contributed by atoms with Crippen LogP contribution in [0.1, 0.15) is 35.9 Å². The molecule has 1 aliphatic heterocycles. The third kappa shape index (κ3) is 3.32. The lowest BCUT2D eigenvalue weighted by Crippen LogP contribution is -2.31. The minimum atomic E-state index is -0.819. The molecule has 2 aromatic rings. The van der Waals surface area contributed by atoms with Crippen LogP contribution in [0.4, 0.5) is 0 Å². The second kappa shape index (κ2) is 6.96. The van der Waals surface area contributed by atoms with Gasteiger partial charge in [0.25, 0.3) is 5.91 Å². The predicted molar refractivity (Wildman–Crippen MR) is 99.0 cm³/mol. The van der Waals surface area contributed by atoms with Gasteiger partial charge in [0.2, 0.25) is 0 Å². The third-order valence-electron chi connectivity index (χ3n) is 5.55. The van der Waals surface area contributed by atoms with Crippen molar-refractivity contribution in [1.82, 2.24) is 19.9 Å². The number of nitrogens with zero attached hydrogens (tertiary/aromatic N) is 4. The largest absolute Gasteiger partial charge is 0.481 e. The standard InChI is InChI=1S/C19H21ClN4O3/c1-2-16-17(21-22-24(16)13-5-3-4-12(20)8-13)18(25)23-9-14(11-6-7-11)15(10-23)19(26)27/h3-5,8,11,14-15H,2,6-7,9-10H2,1H3,(H,26,27)/t14-,15+/m1/s1. The molecule has 2 atom stereocenters. The zero-order valence-electron chi connectivity index (χ0n) is 15.0. The van der Waals surface area contributed by atoms with E-state index in [-0.39, 0.29) is 24.1 Å². The highest BCUT2D eigenvalue weighted by atomic mass is 35.5. The van der Waals surface area contributed by atoms with Crippen LogP contribution in [0.3, 0.4) is 0 Å². The lowest BCUT2D eigenvalue weighted by molar-refractivity contribution is -0.142. The molecule has 27 heavy (non-hydrogen) atoms. The molecule has 1 saturated heterocycles. The highest BCUT2D eigenvalue weighted by Crippen LogP contribution is 2.44. The number of hydrogen-bond acceptors (Lipinski definition) is 4. The summed E-state index contributed by atoms with van der Waals surface area (Å²) in [5, 5.41) is 18.4. The molecule has 1 aromatic heterocycles. The number of carboxylic acid groups (broad SMARTS) is 1. The fourth-order valence-corrected chi connectivity index (χ4v) is 4.19. The number of amides is 1. The Kier molecular flexibility index (Phi) is 4.63. The molecule has 2 fully saturated rings. The molecule has 2 heterocycles. The lowest BCUT2D eigenvalue weighted by Gasteiger charge is -2.15. The number of likely N-dealkylation sites (tertiary alicyclic amines) is 1. The molecule has 1 aromatic carbocycles. The molecule has 0 unspecified atom stereocenters. The quantitative estimate of drug-likeness (QED) is 0.850. The van der Waals surface area contributed by atoms with Gasteiger partial charge in [-0.25, -0.2) is 4.68 Å². The fourth-order valence-electron chi connectivity index (χ4n) is 4.01. The van der Waals surface area contributed by atoms with Gasteiger partial charge in [0.05, 0.1) is 17.3 Å². The van der Waals surface area contributed by atoms with Crippen LogP contribution in [0.25, 0.3) is 5.69 Å². The Bertz CT molecular complexity index is 893. The van der Waals surface area contributed by atoms with Gasteiger partial charge in [-0.05, 0) is 49.3 Å². The molecule has 1 saturated carbocycles. The second-order valence-corrected chi connectivity index (χ2v) is 7.72. The van der Waals surface area contributed by atoms with E-state index in [1.54, 1.807) is 21.7 Å². The molecular weight excluding hydrogens is 368 g/mol. The van der Waals surface area contributed by atoms with Crippen molar-refractivity contribution in [3.05, 3.63) is 40.7 Å². The summed E-state index contributed by atoms with van der Waals surface area (Å²) in [7, 11) is 0. The number of rotatable bonds is 5. The topological polar surface area (TPSA) is 88.3 Å². The van der Waals surface area contributed by atoms with Crippen molar-refractivity contribution in [3.8, 4) is 5.69 Å². The number of benzene rings is 1. The van der Waals surface area contributed by atoms with Gasteiger partial charge >= 0.3 is 5.97 Å². The number of carboxylic acids is 1. The third-order valence-corrected chi connectivity index (χ3v) is 5.79. The summed E-state index contributed by atoms with van der Waals surface area (Å²) >= 11 is 6.07. The van der Waals surface area contributed by atoms with Crippen molar-refractivity contribution < 1.29 is 14.7 Å². The Labute approximate surface area is 161 Å². The first-order valence-electron chi connectivity index (χ1n) is 9.22. The van der Waals surface area contributed by atoms with E-state index >= 15 is 0 Å². The van der Waals surface area contributed by atoms with Crippen LogP contribution in [0, 0.1) is 17.8 Å². The van der Waals surface area contributed by atoms with E-state index in [1.165, 1.54) is 0 Å². The van der Waals surface area contributed by atoms with E-state index in [0.29, 0.717) is 29.6 Å². The van der Waals surface area contributed by atoms with Gasteiger partial charge in [0.15, 0.2) is 5.69 Å². The van der Waals surface area contributed by atoms with Crippen LogP contribution in [0.15, 0.2) is 24.3 Å². The summed E-state index contributed by atoms with van der Waals surface area (Å²) in [5.74, 6) is -1.08. The highest BCUT2D eigenvalue weighted by Gasteiger charge is 2.47. The maximum absolute atomic E-state index is 13.1. The average molecular weight is 389 g/mol. The molecule has 7 nitrogen and oxygen atoms in total. The Hall–Kier alpha value is -2.41. The summed E-state index contributed by atoms with van der Waals surface area (Å²) in [4.78, 5) is 26.3. The normalized spacial score (nSPS) is 22.2. The molecule has 1 amide bonds. The number of carbonyl (C=O) groups excluding carboxylic acids is 1. The summed E-state index contributed by atoms with van der Waals surface area (Å²) in [6.07, 6.45) is 2.69. The van der Waals surface area contributed by atoms with Crippen LogP contribution in [-0.2, 0) is 11.2 Å². The van der Waals surface area contributed by atoms with Crippen molar-refractivity contribution in [2.75, 3.05) is 13.1 Å². The van der Waals surface area contributed by atoms with Gasteiger partial charge in [0, 0.05) is 18.1 Å². The summed E-state index contributed by atoms with van der Waals surface area (Å²) < 4.78 is 1.63. The van der Waals surface area contributed by atoms with Crippen LogP contribution in [-0.4, -0.2) is 50.0 Å². The van der Waals surface area contributed by atoms with Gasteiger partial charge in [-0.2, -0.15) is 0 Å². The zero-order valence-corrected chi connectivity index (χ0v) is 15.8. The first-order chi connectivity index (χ1) is 13.0. The second-order valence-electron chi connectivity index (χ2n) is 7.29. The monoisotopic (exact) mass is 388 g/mol. The summed E-state index contributed by atoms with van der Waals surface area (Å²) in [6, 6.07) is 7.21. The van der Waals surface area contributed by atoms with Crippen molar-refractivity contribution >= 4 is 23.5 Å². The fraction of sp³-hybridized carbons (Fsp3) is 0.474. The van der Waals surface area contributed by atoms with Crippen LogP contribution in [0.5, 0.6) is 0 Å².